The topological polar surface area (TPSA) is 236 Å². The minimum Gasteiger partial charge on any atom is -0.481 e. The quantitative estimate of drug-likeness (QED) is 0.0903. The van der Waals surface area contributed by atoms with Crippen molar-refractivity contribution >= 4 is 11.9 Å². The van der Waals surface area contributed by atoms with Crippen molar-refractivity contribution in [2.24, 2.45) is 11.8 Å². The molecule has 0 aromatic carbocycles. The van der Waals surface area contributed by atoms with Crippen molar-refractivity contribution in [2.45, 2.75) is 164 Å². The van der Waals surface area contributed by atoms with E-state index in [2.05, 4.69) is 5.32 Å². The Morgan fingerprint density at radius 3 is 1.91 bits per heavy atom. The van der Waals surface area contributed by atoms with Crippen LogP contribution in [-0.2, 0) is 23.8 Å². The number of carboxylic acids is 1. The maximum absolute atomic E-state index is 12.2. The molecule has 3 heterocycles. The lowest BCUT2D eigenvalue weighted by atomic mass is 9.75. The summed E-state index contributed by atoms with van der Waals surface area (Å²) in [6.07, 6.45) is -3.34. The Morgan fingerprint density at radius 1 is 0.696 bits per heavy atom. The van der Waals surface area contributed by atoms with Crippen molar-refractivity contribution in [3.05, 3.63) is 0 Å². The second-order valence-electron chi connectivity index (χ2n) is 13.5. The van der Waals surface area contributed by atoms with E-state index < -0.39 is 104 Å². The first-order valence-electron chi connectivity index (χ1n) is 16.9. The number of hydrogen-bond donors (Lipinski definition) is 9. The maximum atomic E-state index is 12.2. The normalized spacial score (nSPS) is 40.0. The van der Waals surface area contributed by atoms with E-state index in [9.17, 15) is 45.3 Å². The molecule has 3 rings (SSSR count). The molecule has 0 aromatic rings. The van der Waals surface area contributed by atoms with Crippen LogP contribution in [0.15, 0.2) is 0 Å². The Labute approximate surface area is 271 Å². The predicted molar refractivity (Wildman–Crippen MR) is 163 cm³/mol. The van der Waals surface area contributed by atoms with E-state index in [1.54, 1.807) is 6.92 Å². The zero-order chi connectivity index (χ0) is 34.0. The lowest BCUT2D eigenvalue weighted by molar-refractivity contribution is -0.233. The molecule has 0 spiro atoms. The van der Waals surface area contributed by atoms with Gasteiger partial charge < -0.3 is 60.4 Å². The van der Waals surface area contributed by atoms with E-state index >= 15 is 0 Å². The number of ether oxygens (including phenoxy) is 3. The number of aliphatic hydroxyl groups is 7. The highest BCUT2D eigenvalue weighted by Crippen LogP contribution is 2.39. The summed E-state index contributed by atoms with van der Waals surface area (Å²) in [4.78, 5) is 22.8. The van der Waals surface area contributed by atoms with Gasteiger partial charge in [0.25, 0.3) is 0 Å². The van der Waals surface area contributed by atoms with Gasteiger partial charge in [0, 0.05) is 19.3 Å². The summed E-state index contributed by atoms with van der Waals surface area (Å²) in [5.41, 5.74) is 0. The van der Waals surface area contributed by atoms with E-state index in [0.717, 1.165) is 38.5 Å². The molecule has 46 heavy (non-hydrogen) atoms. The monoisotopic (exact) mass is 663 g/mol. The number of rotatable bonds is 17. The average molecular weight is 664 g/mol. The number of amides is 1. The van der Waals surface area contributed by atoms with E-state index in [1.165, 1.54) is 6.92 Å². The molecule has 14 heteroatoms. The number of nitrogens with one attached hydrogen (secondary N) is 1. The Bertz CT molecular complexity index is 926. The summed E-state index contributed by atoms with van der Waals surface area (Å²) >= 11 is 0. The van der Waals surface area contributed by atoms with Crippen LogP contribution in [0.4, 0.5) is 0 Å². The third-order valence-electron chi connectivity index (χ3n) is 9.98. The van der Waals surface area contributed by atoms with Crippen LogP contribution in [0.2, 0.25) is 0 Å². The molecule has 268 valence electrons. The standard InChI is InChI=1S/C32H57NO13/c1-17-29(40)32(43)31(42)24(44-17)13-19-12-21(37)26(16-35)46-23(19)14-20-25(15-34)45-22(28(30(20)41)33-18(2)36)10-8-6-4-3-5-7-9-11-27(38)39/h17,19-26,28-32,34-35,37,40-43H,3-16H2,1-2H3,(H,33,36)(H,38,39)/t17-,19+,20+,21+,22-,23-,24-,25+,26+,28-,29+,30-,31+,32+/m0/s1. The van der Waals surface area contributed by atoms with Gasteiger partial charge in [0.05, 0.1) is 62.0 Å². The van der Waals surface area contributed by atoms with Crippen molar-refractivity contribution in [2.75, 3.05) is 13.2 Å². The SMILES string of the molecule is CC(=O)N[C@@H]1[C@@H](O)[C@H](C[C@@H]2O[C@H](CO)[C@H](O)C[C@@H]2C[C@@H]2O[C@@H](C)[C@@H](O)[C@@H](O)[C@@H]2O)[C@@H](CO)O[C@H]1CCCCCCCCCC(=O)O. The number of carbonyl (C=O) groups is 2. The van der Waals surface area contributed by atoms with Crippen molar-refractivity contribution in [1.82, 2.24) is 5.32 Å². The molecular formula is C32H57NO13. The van der Waals surface area contributed by atoms with Crippen LogP contribution in [-0.4, -0.2) is 139 Å². The van der Waals surface area contributed by atoms with Gasteiger partial charge in [-0.15, -0.1) is 0 Å². The van der Waals surface area contributed by atoms with Gasteiger partial charge in [-0.1, -0.05) is 38.5 Å². The molecule has 0 aliphatic carbocycles. The zero-order valence-corrected chi connectivity index (χ0v) is 27.1. The van der Waals surface area contributed by atoms with Crippen LogP contribution < -0.4 is 5.32 Å². The first kappa shape index (κ1) is 39.0. The third kappa shape index (κ3) is 10.8. The lowest BCUT2D eigenvalue weighted by Crippen LogP contribution is -2.62. The van der Waals surface area contributed by atoms with Crippen LogP contribution in [0.1, 0.15) is 90.9 Å². The van der Waals surface area contributed by atoms with Gasteiger partial charge in [-0.2, -0.15) is 0 Å². The first-order valence-corrected chi connectivity index (χ1v) is 16.9. The van der Waals surface area contributed by atoms with E-state index in [1.807, 2.05) is 0 Å². The molecule has 1 amide bonds. The van der Waals surface area contributed by atoms with Crippen LogP contribution in [0.5, 0.6) is 0 Å². The van der Waals surface area contributed by atoms with Crippen LogP contribution in [0.25, 0.3) is 0 Å². The van der Waals surface area contributed by atoms with Crippen molar-refractivity contribution in [3.63, 3.8) is 0 Å². The highest BCUT2D eigenvalue weighted by Gasteiger charge is 2.49. The summed E-state index contributed by atoms with van der Waals surface area (Å²) in [6, 6.07) is -0.747. The molecular weight excluding hydrogens is 606 g/mol. The number of hydrogen-bond acceptors (Lipinski definition) is 12. The highest BCUT2D eigenvalue weighted by molar-refractivity contribution is 5.73. The van der Waals surface area contributed by atoms with Gasteiger partial charge in [0.1, 0.15) is 24.4 Å². The number of carboxylic acid groups (broad SMARTS) is 1. The summed E-state index contributed by atoms with van der Waals surface area (Å²) in [5.74, 6) is -2.25. The van der Waals surface area contributed by atoms with E-state index in [-0.39, 0.29) is 31.6 Å². The second-order valence-corrected chi connectivity index (χ2v) is 13.5. The van der Waals surface area contributed by atoms with Gasteiger partial charge in [-0.25, -0.2) is 0 Å². The largest absolute Gasteiger partial charge is 0.481 e. The summed E-state index contributed by atoms with van der Waals surface area (Å²) in [5, 5.41) is 85.2. The minimum absolute atomic E-state index is 0.147. The number of aliphatic hydroxyl groups excluding tert-OH is 7. The molecule has 0 radical (unpaired) electrons. The number of unbranched alkanes of at least 4 members (excludes halogenated alkanes) is 6. The molecule has 0 bridgehead atoms. The summed E-state index contributed by atoms with van der Waals surface area (Å²) in [7, 11) is 0. The molecule has 3 aliphatic rings. The molecule has 14 atom stereocenters. The van der Waals surface area contributed by atoms with Gasteiger partial charge in [-0.3, -0.25) is 9.59 Å². The van der Waals surface area contributed by atoms with Crippen molar-refractivity contribution in [1.29, 1.82) is 0 Å². The number of carbonyl (C=O) groups excluding carboxylic acids is 1. The van der Waals surface area contributed by atoms with E-state index in [0.29, 0.717) is 12.8 Å². The molecule has 0 saturated carbocycles. The fourth-order valence-corrected chi connectivity index (χ4v) is 7.35. The Balaban J connectivity index is 1.66. The van der Waals surface area contributed by atoms with Gasteiger partial charge in [0.2, 0.25) is 5.91 Å². The second kappa shape index (κ2) is 18.9. The Morgan fingerprint density at radius 2 is 1.30 bits per heavy atom. The Hall–Kier alpha value is -1.46. The molecule has 3 aliphatic heterocycles. The van der Waals surface area contributed by atoms with Gasteiger partial charge in [0.15, 0.2) is 0 Å². The third-order valence-corrected chi connectivity index (χ3v) is 9.98. The lowest BCUT2D eigenvalue weighted by Gasteiger charge is -2.48. The summed E-state index contributed by atoms with van der Waals surface area (Å²) < 4.78 is 18.2. The van der Waals surface area contributed by atoms with Gasteiger partial charge in [-0.05, 0) is 44.9 Å². The zero-order valence-electron chi connectivity index (χ0n) is 27.1. The van der Waals surface area contributed by atoms with Crippen LogP contribution in [0.3, 0.4) is 0 Å². The molecule has 14 nitrogen and oxygen atoms in total. The molecule has 9 N–H and O–H groups in total. The maximum Gasteiger partial charge on any atom is 0.303 e. The number of aliphatic carboxylic acids is 1. The van der Waals surface area contributed by atoms with Gasteiger partial charge >= 0.3 is 5.97 Å². The van der Waals surface area contributed by atoms with Crippen LogP contribution >= 0.6 is 0 Å². The first-order chi connectivity index (χ1) is 21.9. The fraction of sp³-hybridized carbons (Fsp3) is 0.938. The molecule has 3 fully saturated rings. The minimum atomic E-state index is -1.42. The smallest absolute Gasteiger partial charge is 0.303 e. The van der Waals surface area contributed by atoms with Crippen molar-refractivity contribution in [3.8, 4) is 0 Å². The molecule has 0 aromatic heterocycles. The van der Waals surface area contributed by atoms with E-state index in [4.69, 9.17) is 19.3 Å². The molecule has 3 saturated heterocycles. The van der Waals surface area contributed by atoms with Crippen molar-refractivity contribution < 1.29 is 64.7 Å². The molecule has 0 unspecified atom stereocenters. The highest BCUT2D eigenvalue weighted by atomic mass is 16.5. The average Bonchev–Trinajstić information content (AvgIpc) is 3.01. The fourth-order valence-electron chi connectivity index (χ4n) is 7.35. The Kier molecular flexibility index (Phi) is 16.0. The van der Waals surface area contributed by atoms with Crippen LogP contribution in [0, 0.1) is 11.8 Å². The predicted octanol–water partition coefficient (Wildman–Crippen LogP) is -0.399. The summed E-state index contributed by atoms with van der Waals surface area (Å²) in [6.45, 7) is 2.11.